The van der Waals surface area contributed by atoms with Gasteiger partial charge in [-0.15, -0.1) is 0 Å². The SMILES string of the molecule is C=C(CCC(C)C)COC(=O)[C@@H](CCI)O[Si](C)(C)C(C)(C)C. The highest BCUT2D eigenvalue weighted by molar-refractivity contribution is 14.1. The van der Waals surface area contributed by atoms with Crippen molar-refractivity contribution >= 4 is 36.9 Å². The summed E-state index contributed by atoms with van der Waals surface area (Å²) in [7, 11) is -1.98. The fraction of sp³-hybridized carbons (Fsp3) is 0.833. The Morgan fingerprint density at radius 1 is 1.22 bits per heavy atom. The molecule has 0 saturated heterocycles. The maximum Gasteiger partial charge on any atom is 0.334 e. The van der Waals surface area contributed by atoms with Gasteiger partial charge in [-0.25, -0.2) is 4.79 Å². The van der Waals surface area contributed by atoms with Crippen LogP contribution in [-0.4, -0.2) is 31.4 Å². The minimum atomic E-state index is -1.98. The third kappa shape index (κ3) is 9.24. The van der Waals surface area contributed by atoms with Crippen LogP contribution in [0.1, 0.15) is 53.9 Å². The zero-order valence-electron chi connectivity index (χ0n) is 16.0. The van der Waals surface area contributed by atoms with Crippen molar-refractivity contribution in [3.63, 3.8) is 0 Å². The number of carbonyl (C=O) groups is 1. The minimum Gasteiger partial charge on any atom is -0.459 e. The molecule has 0 unspecified atom stereocenters. The lowest BCUT2D eigenvalue weighted by Gasteiger charge is -2.38. The van der Waals surface area contributed by atoms with Crippen molar-refractivity contribution in [2.45, 2.75) is 78.1 Å². The number of carbonyl (C=O) groups excluding carboxylic acids is 1. The average molecular weight is 454 g/mol. The van der Waals surface area contributed by atoms with E-state index in [1.165, 1.54) is 0 Å². The number of esters is 1. The van der Waals surface area contributed by atoms with Gasteiger partial charge in [0, 0.05) is 4.43 Å². The van der Waals surface area contributed by atoms with Gasteiger partial charge in [0.25, 0.3) is 0 Å². The van der Waals surface area contributed by atoms with Crippen molar-refractivity contribution in [1.29, 1.82) is 0 Å². The zero-order valence-corrected chi connectivity index (χ0v) is 19.2. The monoisotopic (exact) mass is 454 g/mol. The van der Waals surface area contributed by atoms with Crippen molar-refractivity contribution in [2.75, 3.05) is 11.0 Å². The summed E-state index contributed by atoms with van der Waals surface area (Å²) in [4.78, 5) is 12.4. The molecule has 0 aromatic rings. The summed E-state index contributed by atoms with van der Waals surface area (Å²) in [5.41, 5.74) is 0.979. The second-order valence-corrected chi connectivity index (χ2v) is 14.0. The van der Waals surface area contributed by atoms with Crippen molar-refractivity contribution in [1.82, 2.24) is 0 Å². The Morgan fingerprint density at radius 2 is 1.78 bits per heavy atom. The van der Waals surface area contributed by atoms with Crippen LogP contribution in [0.15, 0.2) is 12.2 Å². The Balaban J connectivity index is 4.60. The first-order valence-corrected chi connectivity index (χ1v) is 12.9. The molecule has 0 saturated carbocycles. The number of halogens is 1. The van der Waals surface area contributed by atoms with Gasteiger partial charge >= 0.3 is 5.97 Å². The topological polar surface area (TPSA) is 35.5 Å². The fourth-order valence-corrected chi connectivity index (χ4v) is 3.53. The molecular formula is C18H35IO3Si. The molecule has 0 amide bonds. The first kappa shape index (κ1) is 23.1. The Kier molecular flexibility index (Phi) is 10.2. The minimum absolute atomic E-state index is 0.0810. The molecule has 0 aliphatic rings. The van der Waals surface area contributed by atoms with Crippen LogP contribution in [0, 0.1) is 5.92 Å². The van der Waals surface area contributed by atoms with E-state index in [0.717, 1.165) is 22.8 Å². The Hall–Kier alpha value is 0.117. The first-order valence-electron chi connectivity index (χ1n) is 8.47. The van der Waals surface area contributed by atoms with E-state index in [4.69, 9.17) is 9.16 Å². The first-order chi connectivity index (χ1) is 10.4. The third-order valence-electron chi connectivity index (χ3n) is 4.37. The summed E-state index contributed by atoms with van der Waals surface area (Å²) >= 11 is 2.28. The van der Waals surface area contributed by atoms with Crippen LogP contribution in [0.25, 0.3) is 0 Å². The van der Waals surface area contributed by atoms with Gasteiger partial charge in [-0.05, 0) is 48.9 Å². The summed E-state index contributed by atoms with van der Waals surface area (Å²) in [5, 5.41) is 0.0810. The van der Waals surface area contributed by atoms with E-state index in [1.807, 2.05) is 0 Å². The maximum atomic E-state index is 12.4. The predicted octanol–water partition coefficient (Wildman–Crippen LogP) is 5.74. The molecule has 136 valence electrons. The Bertz CT molecular complexity index is 386. The van der Waals surface area contributed by atoms with Crippen LogP contribution in [-0.2, 0) is 14.0 Å². The van der Waals surface area contributed by atoms with Crippen LogP contribution in [0.4, 0.5) is 0 Å². The largest absolute Gasteiger partial charge is 0.459 e. The highest BCUT2D eigenvalue weighted by Gasteiger charge is 2.40. The van der Waals surface area contributed by atoms with Crippen molar-refractivity contribution in [3.05, 3.63) is 12.2 Å². The molecule has 1 atom stereocenters. The molecule has 0 heterocycles. The molecule has 3 nitrogen and oxygen atoms in total. The van der Waals surface area contributed by atoms with Crippen molar-refractivity contribution < 1.29 is 14.0 Å². The number of hydrogen-bond donors (Lipinski definition) is 0. The van der Waals surface area contributed by atoms with Gasteiger partial charge in [0.1, 0.15) is 12.7 Å². The van der Waals surface area contributed by atoms with Gasteiger partial charge in [0.15, 0.2) is 8.32 Å². The third-order valence-corrected chi connectivity index (χ3v) is 9.48. The van der Waals surface area contributed by atoms with E-state index in [1.54, 1.807) is 0 Å². The van der Waals surface area contributed by atoms with E-state index in [2.05, 4.69) is 76.9 Å². The van der Waals surface area contributed by atoms with Crippen LogP contribution in [0.2, 0.25) is 18.1 Å². The number of ether oxygens (including phenoxy) is 1. The van der Waals surface area contributed by atoms with E-state index < -0.39 is 14.4 Å². The van der Waals surface area contributed by atoms with E-state index in [0.29, 0.717) is 18.9 Å². The fourth-order valence-electron chi connectivity index (χ4n) is 1.69. The lowest BCUT2D eigenvalue weighted by molar-refractivity contribution is -0.151. The molecule has 0 aliphatic carbocycles. The lowest BCUT2D eigenvalue weighted by atomic mass is 10.0. The van der Waals surface area contributed by atoms with Gasteiger partial charge in [0.2, 0.25) is 0 Å². The summed E-state index contributed by atoms with van der Waals surface area (Å²) in [5.74, 6) is 0.397. The Labute approximate surface area is 157 Å². The average Bonchev–Trinajstić information content (AvgIpc) is 2.40. The molecule has 0 N–H and O–H groups in total. The highest BCUT2D eigenvalue weighted by Crippen LogP contribution is 2.37. The molecule has 0 aromatic heterocycles. The molecule has 0 rings (SSSR count). The smallest absolute Gasteiger partial charge is 0.334 e. The lowest BCUT2D eigenvalue weighted by Crippen LogP contribution is -2.46. The van der Waals surface area contributed by atoms with Crippen LogP contribution in [0.3, 0.4) is 0 Å². The normalized spacial score (nSPS) is 14.0. The second kappa shape index (κ2) is 10.2. The number of hydrogen-bond acceptors (Lipinski definition) is 3. The van der Waals surface area contributed by atoms with Gasteiger partial charge in [0.05, 0.1) is 0 Å². The number of alkyl halides is 1. The molecule has 0 bridgehead atoms. The molecule has 5 heteroatoms. The van der Waals surface area contributed by atoms with Gasteiger partial charge in [-0.1, -0.05) is 63.8 Å². The zero-order chi connectivity index (χ0) is 18.3. The molecular weight excluding hydrogens is 419 g/mol. The molecule has 0 aliphatic heterocycles. The summed E-state index contributed by atoms with van der Waals surface area (Å²) in [6.07, 6.45) is 2.23. The maximum absolute atomic E-state index is 12.4. The predicted molar refractivity (Wildman–Crippen MR) is 110 cm³/mol. The molecule has 0 spiro atoms. The van der Waals surface area contributed by atoms with E-state index in [-0.39, 0.29) is 11.0 Å². The molecule has 0 radical (unpaired) electrons. The van der Waals surface area contributed by atoms with E-state index >= 15 is 0 Å². The quantitative estimate of drug-likeness (QED) is 0.139. The van der Waals surface area contributed by atoms with Crippen LogP contribution >= 0.6 is 22.6 Å². The van der Waals surface area contributed by atoms with Crippen molar-refractivity contribution in [3.8, 4) is 0 Å². The Morgan fingerprint density at radius 3 is 2.22 bits per heavy atom. The van der Waals surface area contributed by atoms with E-state index in [9.17, 15) is 4.79 Å². The second-order valence-electron chi connectivity index (χ2n) is 8.13. The summed E-state index contributed by atoms with van der Waals surface area (Å²) in [6.45, 7) is 19.6. The van der Waals surface area contributed by atoms with Crippen LogP contribution in [0.5, 0.6) is 0 Å². The standard InChI is InChI=1S/C18H35IO3Si/c1-14(2)9-10-15(3)13-21-17(20)16(11-12-19)22-23(7,8)18(4,5)6/h14,16H,3,9-13H2,1-2,4-8H3/t16-/m1/s1. The van der Waals surface area contributed by atoms with Crippen LogP contribution < -0.4 is 0 Å². The number of rotatable bonds is 10. The molecule has 0 aromatic carbocycles. The van der Waals surface area contributed by atoms with Crippen molar-refractivity contribution in [2.24, 2.45) is 5.92 Å². The summed E-state index contributed by atoms with van der Waals surface area (Å²) in [6, 6.07) is 0. The molecule has 23 heavy (non-hydrogen) atoms. The highest BCUT2D eigenvalue weighted by atomic mass is 127. The van der Waals surface area contributed by atoms with Gasteiger partial charge in [-0.3, -0.25) is 0 Å². The summed E-state index contributed by atoms with van der Waals surface area (Å²) < 4.78 is 12.6. The van der Waals surface area contributed by atoms with Gasteiger partial charge < -0.3 is 9.16 Å². The molecule has 0 fully saturated rings. The van der Waals surface area contributed by atoms with Gasteiger partial charge in [-0.2, -0.15) is 0 Å².